The summed E-state index contributed by atoms with van der Waals surface area (Å²) in [5.41, 5.74) is 0.698. The molecule has 1 N–H and O–H groups in total. The molecule has 0 radical (unpaired) electrons. The summed E-state index contributed by atoms with van der Waals surface area (Å²) >= 11 is 5.86. The zero-order valence-electron chi connectivity index (χ0n) is 15.2. The molecule has 0 atom stereocenters. The zero-order valence-corrected chi connectivity index (χ0v) is 15.9. The van der Waals surface area contributed by atoms with Crippen molar-refractivity contribution in [3.05, 3.63) is 64.9 Å². The lowest BCUT2D eigenvalue weighted by Crippen LogP contribution is -2.45. The molecule has 144 valence electrons. The second-order valence-corrected chi connectivity index (χ2v) is 7.23. The summed E-state index contributed by atoms with van der Waals surface area (Å²) in [6.45, 7) is 3.33. The summed E-state index contributed by atoms with van der Waals surface area (Å²) in [6.07, 6.45) is 2.04. The van der Waals surface area contributed by atoms with Crippen LogP contribution in [-0.4, -0.2) is 43.1 Å². The van der Waals surface area contributed by atoms with E-state index in [1.807, 2.05) is 24.3 Å². The summed E-state index contributed by atoms with van der Waals surface area (Å²) in [6, 6.07) is 13.7. The van der Waals surface area contributed by atoms with Crippen LogP contribution in [0.4, 0.5) is 4.39 Å². The topological polar surface area (TPSA) is 41.6 Å². The minimum Gasteiger partial charge on any atom is -0.492 e. The number of carbonyl (C=O) groups excluding carboxylic acids is 1. The molecule has 27 heavy (non-hydrogen) atoms. The van der Waals surface area contributed by atoms with Gasteiger partial charge in [-0.1, -0.05) is 23.7 Å². The lowest BCUT2D eigenvalue weighted by molar-refractivity contribution is -0.121. The Kier molecular flexibility index (Phi) is 7.07. The Bertz CT molecular complexity index is 746. The van der Waals surface area contributed by atoms with E-state index in [2.05, 4.69) is 10.2 Å². The monoisotopic (exact) mass is 390 g/mol. The van der Waals surface area contributed by atoms with Gasteiger partial charge >= 0.3 is 0 Å². The molecule has 6 heteroatoms. The van der Waals surface area contributed by atoms with Crippen LogP contribution >= 0.6 is 11.6 Å². The largest absolute Gasteiger partial charge is 0.492 e. The molecular weight excluding hydrogens is 367 g/mol. The highest BCUT2D eigenvalue weighted by atomic mass is 35.5. The smallest absolute Gasteiger partial charge is 0.224 e. The number of benzene rings is 2. The number of halogens is 2. The van der Waals surface area contributed by atoms with Gasteiger partial charge in [0, 0.05) is 30.7 Å². The third-order valence-electron chi connectivity index (χ3n) is 4.70. The lowest BCUT2D eigenvalue weighted by atomic mass is 10.0. The van der Waals surface area contributed by atoms with E-state index >= 15 is 0 Å². The van der Waals surface area contributed by atoms with Crippen molar-refractivity contribution in [2.45, 2.75) is 25.3 Å². The second-order valence-electron chi connectivity index (χ2n) is 6.79. The van der Waals surface area contributed by atoms with Crippen LogP contribution in [0.5, 0.6) is 5.75 Å². The molecule has 1 amide bonds. The van der Waals surface area contributed by atoms with Crippen molar-refractivity contribution < 1.29 is 13.9 Å². The molecule has 0 aromatic heterocycles. The molecule has 1 aliphatic heterocycles. The van der Waals surface area contributed by atoms with Crippen molar-refractivity contribution in [2.75, 3.05) is 26.2 Å². The first-order chi connectivity index (χ1) is 13.1. The molecule has 4 nitrogen and oxygen atoms in total. The number of hydrogen-bond donors (Lipinski definition) is 1. The fourth-order valence-electron chi connectivity index (χ4n) is 3.24. The van der Waals surface area contributed by atoms with Gasteiger partial charge in [-0.3, -0.25) is 9.69 Å². The molecule has 1 saturated heterocycles. The van der Waals surface area contributed by atoms with E-state index in [1.54, 1.807) is 12.1 Å². The van der Waals surface area contributed by atoms with Crippen LogP contribution in [0.2, 0.25) is 5.02 Å². The van der Waals surface area contributed by atoms with Gasteiger partial charge in [-0.2, -0.15) is 0 Å². The summed E-state index contributed by atoms with van der Waals surface area (Å²) in [4.78, 5) is 14.5. The third-order valence-corrected chi connectivity index (χ3v) is 4.95. The molecule has 1 heterocycles. The number of carbonyl (C=O) groups is 1. The van der Waals surface area contributed by atoms with Crippen LogP contribution in [0, 0.1) is 5.82 Å². The van der Waals surface area contributed by atoms with Crippen LogP contribution in [0.25, 0.3) is 0 Å². The SMILES string of the molecule is O=C(Cc1cccc(F)c1)NC1CCN(CCOc2ccc(Cl)cc2)CC1. The van der Waals surface area contributed by atoms with Crippen molar-refractivity contribution in [3.8, 4) is 5.75 Å². The second kappa shape index (κ2) is 9.72. The van der Waals surface area contributed by atoms with Gasteiger partial charge in [0.2, 0.25) is 5.91 Å². The molecule has 0 unspecified atom stereocenters. The molecule has 3 rings (SSSR count). The standard InChI is InChI=1S/C21H24ClFN2O2/c22-17-4-6-20(7-5-17)27-13-12-25-10-8-19(9-11-25)24-21(26)15-16-2-1-3-18(23)14-16/h1-7,14,19H,8-13,15H2,(H,24,26). The Morgan fingerprint density at radius 3 is 2.63 bits per heavy atom. The predicted molar refractivity (Wildman–Crippen MR) is 105 cm³/mol. The van der Waals surface area contributed by atoms with Gasteiger partial charge in [0.1, 0.15) is 18.2 Å². The van der Waals surface area contributed by atoms with Gasteiger partial charge in [-0.15, -0.1) is 0 Å². The number of nitrogens with zero attached hydrogens (tertiary/aromatic N) is 1. The average Bonchev–Trinajstić information content (AvgIpc) is 2.65. The molecule has 1 fully saturated rings. The summed E-state index contributed by atoms with van der Waals surface area (Å²) in [7, 11) is 0. The fraction of sp³-hybridized carbons (Fsp3) is 0.381. The lowest BCUT2D eigenvalue weighted by Gasteiger charge is -2.32. The molecule has 0 spiro atoms. The van der Waals surface area contributed by atoms with Crippen LogP contribution in [0.15, 0.2) is 48.5 Å². The van der Waals surface area contributed by atoms with Gasteiger partial charge in [-0.25, -0.2) is 4.39 Å². The van der Waals surface area contributed by atoms with E-state index < -0.39 is 0 Å². The normalized spacial score (nSPS) is 15.5. The molecule has 0 aliphatic carbocycles. The number of piperidine rings is 1. The Balaban J connectivity index is 1.33. The first-order valence-corrected chi connectivity index (χ1v) is 9.61. The minimum atomic E-state index is -0.311. The van der Waals surface area contributed by atoms with Crippen molar-refractivity contribution in [2.24, 2.45) is 0 Å². The predicted octanol–water partition coefficient (Wildman–Crippen LogP) is 3.68. The van der Waals surface area contributed by atoms with E-state index in [4.69, 9.17) is 16.3 Å². The highest BCUT2D eigenvalue weighted by molar-refractivity contribution is 6.30. The maximum absolute atomic E-state index is 13.2. The number of likely N-dealkylation sites (tertiary alicyclic amines) is 1. The molecular formula is C21H24ClFN2O2. The van der Waals surface area contributed by atoms with Crippen molar-refractivity contribution in [1.29, 1.82) is 0 Å². The Labute approximate surface area is 164 Å². The molecule has 0 saturated carbocycles. The number of rotatable bonds is 7. The van der Waals surface area contributed by atoms with E-state index in [0.717, 1.165) is 38.2 Å². The molecule has 2 aromatic rings. The van der Waals surface area contributed by atoms with Crippen LogP contribution in [-0.2, 0) is 11.2 Å². The molecule has 1 aliphatic rings. The van der Waals surface area contributed by atoms with Crippen LogP contribution < -0.4 is 10.1 Å². The highest BCUT2D eigenvalue weighted by Crippen LogP contribution is 2.16. The summed E-state index contributed by atoms with van der Waals surface area (Å²) in [5.74, 6) is 0.457. The fourth-order valence-corrected chi connectivity index (χ4v) is 3.36. The zero-order chi connectivity index (χ0) is 19.1. The average molecular weight is 391 g/mol. The molecule has 0 bridgehead atoms. The van der Waals surface area contributed by atoms with Crippen molar-refractivity contribution in [1.82, 2.24) is 10.2 Å². The highest BCUT2D eigenvalue weighted by Gasteiger charge is 2.20. The van der Waals surface area contributed by atoms with Crippen LogP contribution in [0.3, 0.4) is 0 Å². The van der Waals surface area contributed by atoms with Gasteiger partial charge in [0.15, 0.2) is 0 Å². The van der Waals surface area contributed by atoms with E-state index in [9.17, 15) is 9.18 Å². The van der Waals surface area contributed by atoms with Gasteiger partial charge in [0.05, 0.1) is 6.42 Å². The van der Waals surface area contributed by atoms with Gasteiger partial charge < -0.3 is 10.1 Å². The quantitative estimate of drug-likeness (QED) is 0.784. The maximum Gasteiger partial charge on any atom is 0.224 e. The maximum atomic E-state index is 13.2. The van der Waals surface area contributed by atoms with E-state index in [-0.39, 0.29) is 24.2 Å². The van der Waals surface area contributed by atoms with E-state index in [0.29, 0.717) is 17.2 Å². The molecule has 2 aromatic carbocycles. The number of ether oxygens (including phenoxy) is 1. The Hall–Kier alpha value is -2.11. The minimum absolute atomic E-state index is 0.0508. The Morgan fingerprint density at radius 2 is 1.93 bits per heavy atom. The first-order valence-electron chi connectivity index (χ1n) is 9.23. The number of hydrogen-bond acceptors (Lipinski definition) is 3. The number of amides is 1. The first kappa shape index (κ1) is 19.6. The summed E-state index contributed by atoms with van der Waals surface area (Å²) < 4.78 is 18.9. The van der Waals surface area contributed by atoms with Crippen molar-refractivity contribution >= 4 is 17.5 Å². The number of nitrogens with one attached hydrogen (secondary N) is 1. The Morgan fingerprint density at radius 1 is 1.19 bits per heavy atom. The van der Waals surface area contributed by atoms with Gasteiger partial charge in [-0.05, 0) is 54.8 Å². The van der Waals surface area contributed by atoms with E-state index in [1.165, 1.54) is 12.1 Å². The summed E-state index contributed by atoms with van der Waals surface area (Å²) in [5, 5.41) is 3.76. The van der Waals surface area contributed by atoms with Crippen molar-refractivity contribution in [3.63, 3.8) is 0 Å². The van der Waals surface area contributed by atoms with Gasteiger partial charge in [0.25, 0.3) is 0 Å². The van der Waals surface area contributed by atoms with Crippen LogP contribution in [0.1, 0.15) is 18.4 Å². The third kappa shape index (κ3) is 6.52.